The highest BCUT2D eigenvalue weighted by Crippen LogP contribution is 2.23. The standard InChI is InChI=1S/C15H14Cl2N2O2/c1-15(9-20,10-5-3-2-4-6-10)19-14(21)11-7-13(17)18-8-12(11)16/h2-8,20H,9H2,1H3,(H,19,21). The highest BCUT2D eigenvalue weighted by Gasteiger charge is 2.28. The number of carbonyl (C=O) groups is 1. The van der Waals surface area contributed by atoms with Crippen LogP contribution in [-0.4, -0.2) is 22.6 Å². The molecular weight excluding hydrogens is 311 g/mol. The molecule has 6 heteroatoms. The summed E-state index contributed by atoms with van der Waals surface area (Å²) in [4.78, 5) is 16.2. The Kier molecular flexibility index (Phi) is 4.83. The predicted octanol–water partition coefficient (Wildman–Crippen LogP) is 3.03. The maximum atomic E-state index is 12.4. The number of aliphatic hydroxyl groups excluding tert-OH is 1. The molecule has 1 aromatic carbocycles. The van der Waals surface area contributed by atoms with Crippen molar-refractivity contribution in [2.24, 2.45) is 0 Å². The molecule has 2 aromatic rings. The van der Waals surface area contributed by atoms with Crippen LogP contribution < -0.4 is 5.32 Å². The summed E-state index contributed by atoms with van der Waals surface area (Å²) >= 11 is 11.7. The van der Waals surface area contributed by atoms with Crippen molar-refractivity contribution in [1.29, 1.82) is 0 Å². The van der Waals surface area contributed by atoms with E-state index in [4.69, 9.17) is 23.2 Å². The molecule has 0 bridgehead atoms. The lowest BCUT2D eigenvalue weighted by Crippen LogP contribution is -2.46. The Balaban J connectivity index is 2.30. The number of nitrogens with one attached hydrogen (secondary N) is 1. The van der Waals surface area contributed by atoms with E-state index in [1.165, 1.54) is 12.3 Å². The van der Waals surface area contributed by atoms with Crippen molar-refractivity contribution in [3.8, 4) is 0 Å². The van der Waals surface area contributed by atoms with E-state index in [0.29, 0.717) is 0 Å². The van der Waals surface area contributed by atoms with Crippen molar-refractivity contribution in [1.82, 2.24) is 10.3 Å². The van der Waals surface area contributed by atoms with Gasteiger partial charge >= 0.3 is 0 Å². The molecule has 2 N–H and O–H groups in total. The molecule has 0 saturated carbocycles. The fraction of sp³-hybridized carbons (Fsp3) is 0.200. The highest BCUT2D eigenvalue weighted by atomic mass is 35.5. The molecule has 1 heterocycles. The number of halogens is 2. The van der Waals surface area contributed by atoms with E-state index in [-0.39, 0.29) is 22.3 Å². The van der Waals surface area contributed by atoms with Gasteiger partial charge in [0.15, 0.2) is 0 Å². The number of aliphatic hydroxyl groups is 1. The Morgan fingerprint density at radius 1 is 1.33 bits per heavy atom. The summed E-state index contributed by atoms with van der Waals surface area (Å²) in [7, 11) is 0. The number of aromatic nitrogens is 1. The summed E-state index contributed by atoms with van der Waals surface area (Å²) < 4.78 is 0. The molecule has 0 spiro atoms. The first-order valence-corrected chi connectivity index (χ1v) is 7.02. The van der Waals surface area contributed by atoms with Gasteiger partial charge < -0.3 is 10.4 Å². The summed E-state index contributed by atoms with van der Waals surface area (Å²) in [5.74, 6) is -0.426. The second-order valence-corrected chi connectivity index (χ2v) is 5.59. The van der Waals surface area contributed by atoms with E-state index < -0.39 is 11.4 Å². The third-order valence-corrected chi connectivity index (χ3v) is 3.69. The first kappa shape index (κ1) is 15.8. The van der Waals surface area contributed by atoms with Gasteiger partial charge in [0.25, 0.3) is 5.91 Å². The lowest BCUT2D eigenvalue weighted by molar-refractivity contribution is 0.0849. The van der Waals surface area contributed by atoms with E-state index >= 15 is 0 Å². The number of nitrogens with zero attached hydrogens (tertiary/aromatic N) is 1. The van der Waals surface area contributed by atoms with Gasteiger partial charge in [0.05, 0.1) is 22.7 Å². The van der Waals surface area contributed by atoms with E-state index in [1.807, 2.05) is 30.3 Å². The highest BCUT2D eigenvalue weighted by molar-refractivity contribution is 6.35. The lowest BCUT2D eigenvalue weighted by Gasteiger charge is -2.29. The van der Waals surface area contributed by atoms with Crippen molar-refractivity contribution in [2.75, 3.05) is 6.61 Å². The van der Waals surface area contributed by atoms with Crippen LogP contribution in [0.1, 0.15) is 22.8 Å². The minimum absolute atomic E-state index is 0.176. The second-order valence-electron chi connectivity index (χ2n) is 4.80. The summed E-state index contributed by atoms with van der Waals surface area (Å²) in [5.41, 5.74) is 0.0848. The first-order valence-electron chi connectivity index (χ1n) is 6.26. The Morgan fingerprint density at radius 3 is 2.62 bits per heavy atom. The van der Waals surface area contributed by atoms with Crippen LogP contribution in [0.5, 0.6) is 0 Å². The molecule has 110 valence electrons. The van der Waals surface area contributed by atoms with Crippen LogP contribution in [0.25, 0.3) is 0 Å². The molecule has 21 heavy (non-hydrogen) atoms. The van der Waals surface area contributed by atoms with E-state index in [2.05, 4.69) is 10.3 Å². The maximum Gasteiger partial charge on any atom is 0.253 e. The van der Waals surface area contributed by atoms with Crippen molar-refractivity contribution in [3.05, 3.63) is 63.9 Å². The third-order valence-electron chi connectivity index (χ3n) is 3.18. The molecule has 0 fully saturated rings. The average molecular weight is 325 g/mol. The zero-order valence-corrected chi connectivity index (χ0v) is 12.8. The Labute approximate surface area is 132 Å². The number of carbonyl (C=O) groups excluding carboxylic acids is 1. The fourth-order valence-corrected chi connectivity index (χ4v) is 2.26. The van der Waals surface area contributed by atoms with Crippen LogP contribution in [0.4, 0.5) is 0 Å². The van der Waals surface area contributed by atoms with E-state index in [9.17, 15) is 9.90 Å². The van der Waals surface area contributed by atoms with Gasteiger partial charge in [-0.15, -0.1) is 0 Å². The molecule has 4 nitrogen and oxygen atoms in total. The van der Waals surface area contributed by atoms with Crippen LogP contribution in [0, 0.1) is 0 Å². The maximum absolute atomic E-state index is 12.4. The van der Waals surface area contributed by atoms with Gasteiger partial charge in [0.2, 0.25) is 0 Å². The molecule has 1 atom stereocenters. The Bertz CT molecular complexity index is 649. The molecule has 0 radical (unpaired) electrons. The molecule has 1 unspecified atom stereocenters. The molecule has 1 aromatic heterocycles. The lowest BCUT2D eigenvalue weighted by atomic mass is 9.92. The molecular formula is C15H14Cl2N2O2. The quantitative estimate of drug-likeness (QED) is 0.850. The number of benzene rings is 1. The third kappa shape index (κ3) is 3.53. The van der Waals surface area contributed by atoms with Crippen LogP contribution in [0.15, 0.2) is 42.6 Å². The Hall–Kier alpha value is -1.62. The van der Waals surface area contributed by atoms with Crippen LogP contribution in [-0.2, 0) is 5.54 Å². The van der Waals surface area contributed by atoms with Crippen molar-refractivity contribution in [2.45, 2.75) is 12.5 Å². The molecule has 0 aliphatic carbocycles. The van der Waals surface area contributed by atoms with E-state index in [0.717, 1.165) is 5.56 Å². The topological polar surface area (TPSA) is 62.2 Å². The summed E-state index contributed by atoms with van der Waals surface area (Å²) in [6.07, 6.45) is 1.32. The van der Waals surface area contributed by atoms with Gasteiger partial charge in [-0.2, -0.15) is 0 Å². The molecule has 0 aliphatic heterocycles. The van der Waals surface area contributed by atoms with Crippen LogP contribution in [0.2, 0.25) is 10.2 Å². The van der Waals surface area contributed by atoms with E-state index in [1.54, 1.807) is 6.92 Å². The molecule has 1 amide bonds. The smallest absolute Gasteiger partial charge is 0.253 e. The number of amides is 1. The summed E-state index contributed by atoms with van der Waals surface area (Å²) in [5, 5.41) is 12.8. The summed E-state index contributed by atoms with van der Waals surface area (Å²) in [6, 6.07) is 10.6. The molecule has 2 rings (SSSR count). The normalized spacial score (nSPS) is 13.5. The van der Waals surface area contributed by atoms with Crippen molar-refractivity contribution >= 4 is 29.1 Å². The predicted molar refractivity (Wildman–Crippen MR) is 82.6 cm³/mol. The minimum Gasteiger partial charge on any atom is -0.394 e. The molecule has 0 aliphatic rings. The monoisotopic (exact) mass is 324 g/mol. The SMILES string of the molecule is CC(CO)(NC(=O)c1cc(Cl)ncc1Cl)c1ccccc1. The number of hydrogen-bond donors (Lipinski definition) is 2. The van der Waals surface area contributed by atoms with Gasteiger partial charge in [-0.25, -0.2) is 4.98 Å². The zero-order valence-electron chi connectivity index (χ0n) is 11.3. The number of hydrogen-bond acceptors (Lipinski definition) is 3. The summed E-state index contributed by atoms with van der Waals surface area (Å²) in [6.45, 7) is 1.48. The number of rotatable bonds is 4. The number of pyridine rings is 1. The largest absolute Gasteiger partial charge is 0.394 e. The first-order chi connectivity index (χ1) is 9.96. The average Bonchev–Trinajstić information content (AvgIpc) is 2.50. The van der Waals surface area contributed by atoms with Crippen LogP contribution >= 0.6 is 23.2 Å². The van der Waals surface area contributed by atoms with Crippen LogP contribution in [0.3, 0.4) is 0 Å². The second kappa shape index (κ2) is 6.43. The van der Waals surface area contributed by atoms with Gasteiger partial charge in [0.1, 0.15) is 5.15 Å². The van der Waals surface area contributed by atoms with Gasteiger partial charge in [-0.05, 0) is 18.6 Å². The molecule has 0 saturated heterocycles. The van der Waals surface area contributed by atoms with Gasteiger partial charge in [0, 0.05) is 6.20 Å². The van der Waals surface area contributed by atoms with Crippen molar-refractivity contribution < 1.29 is 9.90 Å². The van der Waals surface area contributed by atoms with Gasteiger partial charge in [-0.1, -0.05) is 53.5 Å². The zero-order chi connectivity index (χ0) is 15.5. The van der Waals surface area contributed by atoms with Gasteiger partial charge in [-0.3, -0.25) is 4.79 Å². The fourth-order valence-electron chi connectivity index (χ4n) is 1.91. The minimum atomic E-state index is -0.919. The Morgan fingerprint density at radius 2 is 2.00 bits per heavy atom. The van der Waals surface area contributed by atoms with Crippen molar-refractivity contribution in [3.63, 3.8) is 0 Å².